The van der Waals surface area contributed by atoms with Crippen LogP contribution in [0.15, 0.2) is 0 Å². The molecule has 3 heteroatoms. The van der Waals surface area contributed by atoms with Gasteiger partial charge in [0.25, 0.3) is 0 Å². The van der Waals surface area contributed by atoms with Crippen molar-refractivity contribution >= 4 is 0 Å². The molecular weight excluding hydrogens is 210 g/mol. The third-order valence-corrected chi connectivity index (χ3v) is 4.11. The van der Waals surface area contributed by atoms with Gasteiger partial charge in [-0.15, -0.1) is 0 Å². The molecule has 17 heavy (non-hydrogen) atoms. The lowest BCUT2D eigenvalue weighted by Crippen LogP contribution is -2.48. The van der Waals surface area contributed by atoms with Gasteiger partial charge >= 0.3 is 0 Å². The van der Waals surface area contributed by atoms with Gasteiger partial charge in [0.05, 0.1) is 0 Å². The lowest BCUT2D eigenvalue weighted by atomic mass is 10.0. The molecule has 0 bridgehead atoms. The van der Waals surface area contributed by atoms with Crippen molar-refractivity contribution in [2.24, 2.45) is 5.92 Å². The summed E-state index contributed by atoms with van der Waals surface area (Å²) in [6.07, 6.45) is 2.74. The Balaban J connectivity index is 2.43. The fourth-order valence-electron chi connectivity index (χ4n) is 2.87. The summed E-state index contributed by atoms with van der Waals surface area (Å²) >= 11 is 0. The molecule has 1 aliphatic rings. The van der Waals surface area contributed by atoms with E-state index in [1.165, 1.54) is 25.9 Å². The van der Waals surface area contributed by atoms with Crippen LogP contribution >= 0.6 is 0 Å². The first kappa shape index (κ1) is 14.9. The number of nitrogens with zero attached hydrogens (tertiary/aromatic N) is 2. The maximum Gasteiger partial charge on any atom is 0.0241 e. The number of likely N-dealkylation sites (tertiary alicyclic amines) is 1. The van der Waals surface area contributed by atoms with E-state index in [0.29, 0.717) is 12.0 Å². The minimum atomic E-state index is 0.656. The topological polar surface area (TPSA) is 18.5 Å². The summed E-state index contributed by atoms with van der Waals surface area (Å²) in [7, 11) is 4.55. The van der Waals surface area contributed by atoms with E-state index in [1.807, 2.05) is 0 Å². The molecule has 1 rings (SSSR count). The maximum atomic E-state index is 3.49. The average molecular weight is 241 g/mol. The van der Waals surface area contributed by atoms with Gasteiger partial charge < -0.3 is 15.1 Å². The predicted molar refractivity (Wildman–Crippen MR) is 75.5 cm³/mol. The average Bonchev–Trinajstić information content (AvgIpc) is 2.64. The molecule has 3 nitrogen and oxygen atoms in total. The fraction of sp³-hybridized carbons (Fsp3) is 1.00. The number of nitrogens with one attached hydrogen (secondary N) is 1. The first-order valence-electron chi connectivity index (χ1n) is 7.17. The summed E-state index contributed by atoms with van der Waals surface area (Å²) in [5.74, 6) is 0.714. The van der Waals surface area contributed by atoms with Crippen LogP contribution in [-0.4, -0.2) is 62.2 Å². The largest absolute Gasteiger partial charge is 0.315 e. The Hall–Kier alpha value is -0.120. The Kier molecular flexibility index (Phi) is 6.45. The number of likely N-dealkylation sites (N-methyl/N-ethyl adjacent to an activating group) is 3. The van der Waals surface area contributed by atoms with Crippen molar-refractivity contribution < 1.29 is 0 Å². The standard InChI is InChI=1S/C14H31N3/c1-6-15-10-14(12(2)3)17(5)11-13-8-7-9-16(13)4/h12-15H,6-11H2,1-5H3. The SMILES string of the molecule is CCNCC(C(C)C)N(C)CC1CCCN1C. The smallest absolute Gasteiger partial charge is 0.0241 e. The first-order valence-corrected chi connectivity index (χ1v) is 7.17. The lowest BCUT2D eigenvalue weighted by Gasteiger charge is -2.34. The molecule has 102 valence electrons. The summed E-state index contributed by atoms with van der Waals surface area (Å²) in [6.45, 7) is 11.5. The van der Waals surface area contributed by atoms with Crippen molar-refractivity contribution in [2.75, 3.05) is 40.3 Å². The third kappa shape index (κ3) is 4.57. The minimum absolute atomic E-state index is 0.656. The van der Waals surface area contributed by atoms with Crippen LogP contribution in [0.2, 0.25) is 0 Å². The molecule has 1 saturated heterocycles. The molecule has 0 aromatic carbocycles. The van der Waals surface area contributed by atoms with Gasteiger partial charge in [-0.1, -0.05) is 20.8 Å². The van der Waals surface area contributed by atoms with Gasteiger partial charge in [0.2, 0.25) is 0 Å². The highest BCUT2D eigenvalue weighted by Gasteiger charge is 2.26. The Morgan fingerprint density at radius 1 is 1.41 bits per heavy atom. The van der Waals surface area contributed by atoms with Crippen molar-refractivity contribution in [2.45, 2.75) is 45.7 Å². The summed E-state index contributed by atoms with van der Waals surface area (Å²) in [5, 5.41) is 3.49. The Morgan fingerprint density at radius 2 is 2.12 bits per heavy atom. The van der Waals surface area contributed by atoms with Gasteiger partial charge in [-0.05, 0) is 45.9 Å². The second-order valence-electron chi connectivity index (χ2n) is 5.84. The molecule has 0 spiro atoms. The van der Waals surface area contributed by atoms with E-state index in [-0.39, 0.29) is 0 Å². The Labute approximate surface area is 108 Å². The van der Waals surface area contributed by atoms with Crippen molar-refractivity contribution in [3.63, 3.8) is 0 Å². The van der Waals surface area contributed by atoms with Gasteiger partial charge in [0.15, 0.2) is 0 Å². The summed E-state index contributed by atoms with van der Waals surface area (Å²) in [4.78, 5) is 5.07. The first-order chi connectivity index (χ1) is 8.06. The maximum absolute atomic E-state index is 3.49. The monoisotopic (exact) mass is 241 g/mol. The van der Waals surface area contributed by atoms with Crippen molar-refractivity contribution in [3.05, 3.63) is 0 Å². The van der Waals surface area contributed by atoms with Crippen LogP contribution in [0.4, 0.5) is 0 Å². The van der Waals surface area contributed by atoms with Crippen LogP contribution in [0.25, 0.3) is 0 Å². The van der Waals surface area contributed by atoms with Crippen LogP contribution < -0.4 is 5.32 Å². The van der Waals surface area contributed by atoms with Gasteiger partial charge in [0.1, 0.15) is 0 Å². The molecule has 0 aliphatic carbocycles. The molecule has 0 aromatic rings. The molecule has 0 amide bonds. The zero-order chi connectivity index (χ0) is 12.8. The van der Waals surface area contributed by atoms with Crippen molar-refractivity contribution in [1.29, 1.82) is 0 Å². The van der Waals surface area contributed by atoms with E-state index in [9.17, 15) is 0 Å². The van der Waals surface area contributed by atoms with Crippen LogP contribution in [0.3, 0.4) is 0 Å². The predicted octanol–water partition coefficient (Wildman–Crippen LogP) is 1.65. The second kappa shape index (κ2) is 7.34. The quantitative estimate of drug-likeness (QED) is 0.731. The van der Waals surface area contributed by atoms with Crippen molar-refractivity contribution in [1.82, 2.24) is 15.1 Å². The third-order valence-electron chi connectivity index (χ3n) is 4.11. The van der Waals surface area contributed by atoms with Crippen LogP contribution in [0, 0.1) is 5.92 Å². The van der Waals surface area contributed by atoms with E-state index in [1.54, 1.807) is 0 Å². The van der Waals surface area contributed by atoms with Crippen LogP contribution in [0.5, 0.6) is 0 Å². The molecule has 0 saturated carbocycles. The van der Waals surface area contributed by atoms with Gasteiger partial charge in [-0.2, -0.15) is 0 Å². The normalized spacial score (nSPS) is 23.8. The summed E-state index contributed by atoms with van der Waals surface area (Å²) in [5.41, 5.74) is 0. The number of hydrogen-bond acceptors (Lipinski definition) is 3. The molecule has 1 aliphatic heterocycles. The second-order valence-corrected chi connectivity index (χ2v) is 5.84. The fourth-order valence-corrected chi connectivity index (χ4v) is 2.87. The van der Waals surface area contributed by atoms with E-state index in [2.05, 4.69) is 50.0 Å². The van der Waals surface area contributed by atoms with Gasteiger partial charge in [-0.3, -0.25) is 0 Å². The number of rotatable bonds is 7. The van der Waals surface area contributed by atoms with E-state index in [0.717, 1.165) is 19.1 Å². The van der Waals surface area contributed by atoms with Crippen LogP contribution in [-0.2, 0) is 0 Å². The molecule has 0 radical (unpaired) electrons. The van der Waals surface area contributed by atoms with Crippen molar-refractivity contribution in [3.8, 4) is 0 Å². The van der Waals surface area contributed by atoms with Gasteiger partial charge in [0, 0.05) is 25.2 Å². The molecule has 1 fully saturated rings. The molecule has 2 unspecified atom stereocenters. The highest BCUT2D eigenvalue weighted by molar-refractivity contribution is 4.83. The molecule has 2 atom stereocenters. The Bertz CT molecular complexity index is 206. The zero-order valence-electron chi connectivity index (χ0n) is 12.4. The minimum Gasteiger partial charge on any atom is -0.315 e. The van der Waals surface area contributed by atoms with Gasteiger partial charge in [-0.25, -0.2) is 0 Å². The van der Waals surface area contributed by atoms with E-state index in [4.69, 9.17) is 0 Å². The van der Waals surface area contributed by atoms with E-state index >= 15 is 0 Å². The van der Waals surface area contributed by atoms with E-state index < -0.39 is 0 Å². The molecule has 1 N–H and O–H groups in total. The molecule has 1 heterocycles. The Morgan fingerprint density at radius 3 is 2.59 bits per heavy atom. The zero-order valence-corrected chi connectivity index (χ0v) is 12.4. The molecule has 0 aromatic heterocycles. The van der Waals surface area contributed by atoms with Crippen LogP contribution in [0.1, 0.15) is 33.6 Å². The summed E-state index contributed by atoms with van der Waals surface area (Å²) < 4.78 is 0. The number of hydrogen-bond donors (Lipinski definition) is 1. The molecular formula is C14H31N3. The highest BCUT2D eigenvalue weighted by atomic mass is 15.2. The lowest BCUT2D eigenvalue weighted by molar-refractivity contribution is 0.145. The summed E-state index contributed by atoms with van der Waals surface area (Å²) in [6, 6.07) is 1.42. The highest BCUT2D eigenvalue weighted by Crippen LogP contribution is 2.18.